The molecule has 4 heterocycles. The average Bonchev–Trinajstić information content (AvgIpc) is 2.99. The maximum Gasteiger partial charge on any atom is 0.118 e. The van der Waals surface area contributed by atoms with Gasteiger partial charge >= 0.3 is 0 Å². The minimum atomic E-state index is 0.821. The minimum absolute atomic E-state index is 0.821. The molecule has 0 saturated carbocycles. The molecule has 0 bridgehead atoms. The number of fused-ring (bicyclic) bond motifs is 1. The van der Waals surface area contributed by atoms with Gasteiger partial charge in [0.1, 0.15) is 5.69 Å². The molecule has 5 heteroatoms. The number of hydrogen-bond acceptors (Lipinski definition) is 4. The molecule has 4 aromatic rings. The number of pyridine rings is 3. The molecule has 0 atom stereocenters. The van der Waals surface area contributed by atoms with Gasteiger partial charge in [-0.1, -0.05) is 12.1 Å². The molecule has 0 aliphatic carbocycles. The van der Waals surface area contributed by atoms with Crippen molar-refractivity contribution in [2.75, 3.05) is 0 Å². The highest BCUT2D eigenvalue weighted by atomic mass is 15.1. The van der Waals surface area contributed by atoms with Gasteiger partial charge in [-0.2, -0.15) is 5.10 Å². The van der Waals surface area contributed by atoms with Crippen LogP contribution in [0.2, 0.25) is 0 Å². The van der Waals surface area contributed by atoms with Crippen molar-refractivity contribution in [3.05, 3.63) is 61.1 Å². The van der Waals surface area contributed by atoms with E-state index < -0.39 is 0 Å². The van der Waals surface area contributed by atoms with Crippen LogP contribution in [0.25, 0.3) is 33.7 Å². The lowest BCUT2D eigenvalue weighted by Gasteiger charge is -2.00. The topological polar surface area (TPSA) is 67.3 Å². The van der Waals surface area contributed by atoms with E-state index in [9.17, 15) is 0 Å². The van der Waals surface area contributed by atoms with E-state index in [1.807, 2.05) is 42.5 Å². The second-order valence-electron chi connectivity index (χ2n) is 4.62. The van der Waals surface area contributed by atoms with Gasteiger partial charge in [0, 0.05) is 17.8 Å². The lowest BCUT2D eigenvalue weighted by Crippen LogP contribution is -1.87. The maximum absolute atomic E-state index is 4.43. The van der Waals surface area contributed by atoms with E-state index in [1.54, 1.807) is 18.6 Å². The molecule has 0 aliphatic heterocycles. The van der Waals surface area contributed by atoms with Crippen molar-refractivity contribution in [3.63, 3.8) is 0 Å². The summed E-state index contributed by atoms with van der Waals surface area (Å²) in [6, 6.07) is 13.5. The predicted molar refractivity (Wildman–Crippen MR) is 80.4 cm³/mol. The van der Waals surface area contributed by atoms with Gasteiger partial charge in [-0.25, -0.2) is 0 Å². The summed E-state index contributed by atoms with van der Waals surface area (Å²) in [6.45, 7) is 0. The molecule has 0 unspecified atom stereocenters. The van der Waals surface area contributed by atoms with Gasteiger partial charge in [0.25, 0.3) is 0 Å². The Bertz CT molecular complexity index is 884. The Labute approximate surface area is 120 Å². The van der Waals surface area contributed by atoms with E-state index >= 15 is 0 Å². The quantitative estimate of drug-likeness (QED) is 0.609. The molecule has 0 fully saturated rings. The van der Waals surface area contributed by atoms with Crippen molar-refractivity contribution in [3.8, 4) is 22.8 Å². The number of rotatable bonds is 2. The van der Waals surface area contributed by atoms with Crippen LogP contribution in [0.1, 0.15) is 0 Å². The predicted octanol–water partition coefficient (Wildman–Crippen LogP) is 3.08. The van der Waals surface area contributed by atoms with E-state index in [0.29, 0.717) is 0 Å². The smallest absolute Gasteiger partial charge is 0.118 e. The van der Waals surface area contributed by atoms with Gasteiger partial charge in [-0.3, -0.25) is 20.1 Å². The van der Waals surface area contributed by atoms with Crippen LogP contribution in [-0.2, 0) is 0 Å². The molecule has 0 radical (unpaired) electrons. The van der Waals surface area contributed by atoms with Gasteiger partial charge in [-0.05, 0) is 30.3 Å². The summed E-state index contributed by atoms with van der Waals surface area (Å²) in [7, 11) is 0. The van der Waals surface area contributed by atoms with Crippen LogP contribution in [0.3, 0.4) is 0 Å². The fourth-order valence-corrected chi connectivity index (χ4v) is 2.27. The van der Waals surface area contributed by atoms with Gasteiger partial charge in [-0.15, -0.1) is 0 Å². The van der Waals surface area contributed by atoms with Crippen molar-refractivity contribution >= 4 is 10.9 Å². The van der Waals surface area contributed by atoms with Crippen molar-refractivity contribution in [1.29, 1.82) is 0 Å². The number of aromatic nitrogens is 5. The maximum atomic E-state index is 4.43. The normalized spacial score (nSPS) is 10.9. The van der Waals surface area contributed by atoms with E-state index in [0.717, 1.165) is 33.7 Å². The largest absolute Gasteiger partial charge is 0.276 e. The molecule has 0 saturated heterocycles. The molecule has 1 N–H and O–H groups in total. The summed E-state index contributed by atoms with van der Waals surface area (Å²) in [5.41, 5.74) is 4.21. The Balaban J connectivity index is 1.91. The molecule has 4 aromatic heterocycles. The molecule has 0 aromatic carbocycles. The molecule has 0 amide bonds. The summed E-state index contributed by atoms with van der Waals surface area (Å²) in [4.78, 5) is 13.1. The Kier molecular flexibility index (Phi) is 2.67. The molecule has 0 aliphatic rings. The first-order valence-corrected chi connectivity index (χ1v) is 6.59. The van der Waals surface area contributed by atoms with Crippen molar-refractivity contribution in [1.82, 2.24) is 25.1 Å². The Morgan fingerprint density at radius 2 is 1.52 bits per heavy atom. The first-order valence-electron chi connectivity index (χ1n) is 6.59. The first-order chi connectivity index (χ1) is 10.4. The summed E-state index contributed by atoms with van der Waals surface area (Å²) in [5.74, 6) is 0. The van der Waals surface area contributed by atoms with E-state index in [4.69, 9.17) is 0 Å². The fraction of sp³-hybridized carbons (Fsp3) is 0. The fourth-order valence-electron chi connectivity index (χ4n) is 2.27. The van der Waals surface area contributed by atoms with Gasteiger partial charge in [0.2, 0.25) is 0 Å². The summed E-state index contributed by atoms with van der Waals surface area (Å²) >= 11 is 0. The summed E-state index contributed by atoms with van der Waals surface area (Å²) in [6.07, 6.45) is 5.30. The highest BCUT2D eigenvalue weighted by Crippen LogP contribution is 2.27. The second-order valence-corrected chi connectivity index (χ2v) is 4.62. The van der Waals surface area contributed by atoms with E-state index in [-0.39, 0.29) is 0 Å². The third-order valence-electron chi connectivity index (χ3n) is 3.28. The van der Waals surface area contributed by atoms with Crippen LogP contribution >= 0.6 is 0 Å². The van der Waals surface area contributed by atoms with Crippen molar-refractivity contribution in [2.24, 2.45) is 0 Å². The summed E-state index contributed by atoms with van der Waals surface area (Å²) in [5, 5.41) is 8.33. The number of hydrogen-bond donors (Lipinski definition) is 1. The standard InChI is InChI=1S/C16H11N5/c1-3-7-17-12(5-1)14-9-11-15(10-19-14)20-21-16(11)13-6-2-4-8-18-13/h1-10H,(H,20,21). The zero-order valence-corrected chi connectivity index (χ0v) is 11.1. The minimum Gasteiger partial charge on any atom is -0.276 e. The number of aromatic amines is 1. The number of nitrogens with one attached hydrogen (secondary N) is 1. The Morgan fingerprint density at radius 1 is 0.762 bits per heavy atom. The Morgan fingerprint density at radius 3 is 2.24 bits per heavy atom. The Hall–Kier alpha value is -3.08. The van der Waals surface area contributed by atoms with Crippen LogP contribution in [-0.4, -0.2) is 25.1 Å². The van der Waals surface area contributed by atoms with E-state index in [2.05, 4.69) is 25.1 Å². The third kappa shape index (κ3) is 2.04. The van der Waals surface area contributed by atoms with Crippen LogP contribution in [0, 0.1) is 0 Å². The molecule has 100 valence electrons. The van der Waals surface area contributed by atoms with Crippen molar-refractivity contribution in [2.45, 2.75) is 0 Å². The molecular weight excluding hydrogens is 262 g/mol. The highest BCUT2D eigenvalue weighted by molar-refractivity contribution is 5.93. The molecule has 4 rings (SSSR count). The lowest BCUT2D eigenvalue weighted by atomic mass is 10.1. The average molecular weight is 273 g/mol. The van der Waals surface area contributed by atoms with Crippen molar-refractivity contribution < 1.29 is 0 Å². The van der Waals surface area contributed by atoms with Crippen LogP contribution in [0.5, 0.6) is 0 Å². The van der Waals surface area contributed by atoms with E-state index in [1.165, 1.54) is 0 Å². The SMILES string of the molecule is c1ccc(-c2cc3c(-c4ccccn4)n[nH]c3cn2)nc1. The monoisotopic (exact) mass is 273 g/mol. The van der Waals surface area contributed by atoms with Crippen LogP contribution in [0.15, 0.2) is 61.1 Å². The molecule has 21 heavy (non-hydrogen) atoms. The summed E-state index contributed by atoms with van der Waals surface area (Å²) < 4.78 is 0. The second kappa shape index (κ2) is 4.79. The van der Waals surface area contributed by atoms with Gasteiger partial charge in [0.15, 0.2) is 0 Å². The van der Waals surface area contributed by atoms with Gasteiger partial charge < -0.3 is 0 Å². The lowest BCUT2D eigenvalue weighted by molar-refractivity contribution is 1.11. The number of nitrogens with zero attached hydrogens (tertiary/aromatic N) is 4. The zero-order chi connectivity index (χ0) is 14.1. The zero-order valence-electron chi connectivity index (χ0n) is 11.1. The van der Waals surface area contributed by atoms with Crippen LogP contribution in [0.4, 0.5) is 0 Å². The van der Waals surface area contributed by atoms with Gasteiger partial charge in [0.05, 0.1) is 28.8 Å². The molecule has 5 nitrogen and oxygen atoms in total. The highest BCUT2D eigenvalue weighted by Gasteiger charge is 2.11. The third-order valence-corrected chi connectivity index (χ3v) is 3.28. The molecular formula is C16H11N5. The van der Waals surface area contributed by atoms with Crippen LogP contribution < -0.4 is 0 Å². The first kappa shape index (κ1) is 11.7. The molecule has 0 spiro atoms. The number of H-pyrrole nitrogens is 1.